The number of nitrogens with one attached hydrogen (secondary N) is 2. The molecule has 1 aromatic rings. The van der Waals surface area contributed by atoms with E-state index < -0.39 is 0 Å². The van der Waals surface area contributed by atoms with E-state index in [9.17, 15) is 0 Å². The van der Waals surface area contributed by atoms with Crippen LogP contribution < -0.4 is 15.5 Å². The van der Waals surface area contributed by atoms with Gasteiger partial charge in [0.1, 0.15) is 0 Å². The molecule has 1 aromatic carbocycles. The fourth-order valence-corrected chi connectivity index (χ4v) is 3.91. The third-order valence-corrected chi connectivity index (χ3v) is 5.35. The van der Waals surface area contributed by atoms with Crippen LogP contribution in [0.1, 0.15) is 39.0 Å². The summed E-state index contributed by atoms with van der Waals surface area (Å²) in [5.41, 5.74) is 1.32. The van der Waals surface area contributed by atoms with E-state index in [0.29, 0.717) is 6.04 Å². The highest BCUT2D eigenvalue weighted by molar-refractivity contribution is 5.80. The number of likely N-dealkylation sites (tertiary alicyclic amines) is 1. The Labute approximate surface area is 158 Å². The Morgan fingerprint density at radius 2 is 1.92 bits per heavy atom. The van der Waals surface area contributed by atoms with E-state index in [4.69, 9.17) is 4.99 Å². The number of nitrogens with zero attached hydrogens (tertiary/aromatic N) is 3. The van der Waals surface area contributed by atoms with Crippen LogP contribution in [-0.2, 0) is 0 Å². The maximum absolute atomic E-state index is 4.80. The van der Waals surface area contributed by atoms with E-state index in [0.717, 1.165) is 38.6 Å². The van der Waals surface area contributed by atoms with Crippen molar-refractivity contribution < 1.29 is 0 Å². The van der Waals surface area contributed by atoms with Gasteiger partial charge in [0, 0.05) is 37.9 Å². The zero-order chi connectivity index (χ0) is 18.0. The van der Waals surface area contributed by atoms with Crippen LogP contribution in [0.2, 0.25) is 0 Å². The highest BCUT2D eigenvalue weighted by atomic mass is 15.2. The summed E-state index contributed by atoms with van der Waals surface area (Å²) in [4.78, 5) is 9.84. The van der Waals surface area contributed by atoms with Crippen molar-refractivity contribution in [1.29, 1.82) is 0 Å². The molecular weight excluding hydrogens is 322 g/mol. The number of hydrogen-bond donors (Lipinski definition) is 2. The van der Waals surface area contributed by atoms with Gasteiger partial charge in [0.15, 0.2) is 5.96 Å². The van der Waals surface area contributed by atoms with Gasteiger partial charge < -0.3 is 20.4 Å². The smallest absolute Gasteiger partial charge is 0.191 e. The standard InChI is InChI=1S/C21H35N5/c1-2-22-21(23-13-6-7-14-25-15-8-9-16-25)24-19-12-17-26(18-19)20-10-4-3-5-11-20/h3-5,10-11,19H,2,6-9,12-18H2,1H3,(H2,22,23,24). The molecule has 0 aliphatic carbocycles. The molecule has 0 amide bonds. The van der Waals surface area contributed by atoms with Crippen molar-refractivity contribution in [2.75, 3.05) is 50.7 Å². The van der Waals surface area contributed by atoms with Gasteiger partial charge in [-0.1, -0.05) is 18.2 Å². The molecule has 2 saturated heterocycles. The second kappa shape index (κ2) is 10.4. The van der Waals surface area contributed by atoms with Gasteiger partial charge in [0.2, 0.25) is 0 Å². The van der Waals surface area contributed by atoms with Gasteiger partial charge in [0.25, 0.3) is 0 Å². The zero-order valence-corrected chi connectivity index (χ0v) is 16.3. The zero-order valence-electron chi connectivity index (χ0n) is 16.3. The van der Waals surface area contributed by atoms with Gasteiger partial charge in [-0.2, -0.15) is 0 Å². The first-order valence-corrected chi connectivity index (χ1v) is 10.4. The predicted octanol–water partition coefficient (Wildman–Crippen LogP) is 2.70. The molecule has 0 aromatic heterocycles. The molecule has 0 radical (unpaired) electrons. The molecule has 1 unspecified atom stereocenters. The molecular formula is C21H35N5. The summed E-state index contributed by atoms with van der Waals surface area (Å²) in [5, 5.41) is 7.04. The van der Waals surface area contributed by atoms with Gasteiger partial charge in [-0.15, -0.1) is 0 Å². The van der Waals surface area contributed by atoms with E-state index in [2.05, 4.69) is 57.7 Å². The fraction of sp³-hybridized carbons (Fsp3) is 0.667. The van der Waals surface area contributed by atoms with Crippen LogP contribution in [0.4, 0.5) is 5.69 Å². The molecule has 2 aliphatic rings. The molecule has 1 atom stereocenters. The largest absolute Gasteiger partial charge is 0.369 e. The van der Waals surface area contributed by atoms with Gasteiger partial charge in [-0.05, 0) is 70.8 Å². The minimum atomic E-state index is 0.470. The normalized spacial score (nSPS) is 21.3. The van der Waals surface area contributed by atoms with E-state index in [1.54, 1.807) is 0 Å². The van der Waals surface area contributed by atoms with Crippen molar-refractivity contribution in [3.05, 3.63) is 30.3 Å². The van der Waals surface area contributed by atoms with Crippen LogP contribution >= 0.6 is 0 Å². The minimum absolute atomic E-state index is 0.470. The van der Waals surface area contributed by atoms with E-state index in [1.807, 2.05) is 0 Å². The molecule has 0 bridgehead atoms. The SMILES string of the molecule is CCNC(=NCCCCN1CCCC1)NC1CCN(c2ccccc2)C1. The van der Waals surface area contributed by atoms with Gasteiger partial charge in [0.05, 0.1) is 0 Å². The topological polar surface area (TPSA) is 42.9 Å². The number of anilines is 1. The fourth-order valence-electron chi connectivity index (χ4n) is 3.91. The second-order valence-electron chi connectivity index (χ2n) is 7.43. The van der Waals surface area contributed by atoms with E-state index in [1.165, 1.54) is 51.0 Å². The van der Waals surface area contributed by atoms with Gasteiger partial charge in [-0.3, -0.25) is 4.99 Å². The Bertz CT molecular complexity index is 539. The van der Waals surface area contributed by atoms with Crippen molar-refractivity contribution in [3.8, 4) is 0 Å². The molecule has 5 heteroatoms. The quantitative estimate of drug-likeness (QED) is 0.426. The number of rotatable bonds is 8. The number of unbranched alkanes of at least 4 members (excludes halogenated alkanes) is 1. The first kappa shape index (κ1) is 19.0. The third-order valence-electron chi connectivity index (χ3n) is 5.35. The van der Waals surface area contributed by atoms with Crippen molar-refractivity contribution in [1.82, 2.24) is 15.5 Å². The molecule has 2 N–H and O–H groups in total. The van der Waals surface area contributed by atoms with Gasteiger partial charge in [-0.25, -0.2) is 0 Å². The number of guanidine groups is 1. The monoisotopic (exact) mass is 357 g/mol. The summed E-state index contributed by atoms with van der Waals surface area (Å²) >= 11 is 0. The Hall–Kier alpha value is -1.75. The maximum Gasteiger partial charge on any atom is 0.191 e. The lowest BCUT2D eigenvalue weighted by Crippen LogP contribution is -2.44. The highest BCUT2D eigenvalue weighted by Gasteiger charge is 2.23. The summed E-state index contributed by atoms with van der Waals surface area (Å²) in [6.07, 6.45) is 6.36. The van der Waals surface area contributed by atoms with Crippen LogP contribution in [0.3, 0.4) is 0 Å². The van der Waals surface area contributed by atoms with Crippen LogP contribution in [-0.4, -0.2) is 62.7 Å². The summed E-state index contributed by atoms with van der Waals surface area (Å²) in [6, 6.07) is 11.2. The van der Waals surface area contributed by atoms with Crippen molar-refractivity contribution in [2.45, 2.75) is 45.1 Å². The van der Waals surface area contributed by atoms with E-state index >= 15 is 0 Å². The average molecular weight is 358 g/mol. The Kier molecular flexibility index (Phi) is 7.62. The molecule has 2 aliphatic heterocycles. The van der Waals surface area contributed by atoms with Crippen molar-refractivity contribution in [2.24, 2.45) is 4.99 Å². The molecule has 2 heterocycles. The van der Waals surface area contributed by atoms with Crippen LogP contribution in [0.5, 0.6) is 0 Å². The average Bonchev–Trinajstić information content (AvgIpc) is 3.34. The van der Waals surface area contributed by atoms with Crippen molar-refractivity contribution >= 4 is 11.6 Å². The Morgan fingerprint density at radius 1 is 1.12 bits per heavy atom. The van der Waals surface area contributed by atoms with Crippen LogP contribution in [0, 0.1) is 0 Å². The van der Waals surface area contributed by atoms with Crippen molar-refractivity contribution in [3.63, 3.8) is 0 Å². The summed E-state index contributed by atoms with van der Waals surface area (Å²) < 4.78 is 0. The molecule has 2 fully saturated rings. The molecule has 26 heavy (non-hydrogen) atoms. The first-order chi connectivity index (χ1) is 12.8. The van der Waals surface area contributed by atoms with Crippen LogP contribution in [0.25, 0.3) is 0 Å². The Balaban J connectivity index is 1.39. The van der Waals surface area contributed by atoms with Gasteiger partial charge >= 0.3 is 0 Å². The second-order valence-corrected chi connectivity index (χ2v) is 7.43. The summed E-state index contributed by atoms with van der Waals surface area (Å²) in [7, 11) is 0. The molecule has 3 rings (SSSR count). The number of hydrogen-bond acceptors (Lipinski definition) is 3. The van der Waals surface area contributed by atoms with E-state index in [-0.39, 0.29) is 0 Å². The first-order valence-electron chi connectivity index (χ1n) is 10.4. The third kappa shape index (κ3) is 5.90. The summed E-state index contributed by atoms with van der Waals surface area (Å²) in [5.74, 6) is 0.980. The molecule has 144 valence electrons. The molecule has 5 nitrogen and oxygen atoms in total. The summed E-state index contributed by atoms with van der Waals surface area (Å²) in [6.45, 7) is 9.96. The predicted molar refractivity (Wildman–Crippen MR) is 111 cm³/mol. The Morgan fingerprint density at radius 3 is 2.69 bits per heavy atom. The molecule has 0 saturated carbocycles. The van der Waals surface area contributed by atoms with Crippen LogP contribution in [0.15, 0.2) is 35.3 Å². The highest BCUT2D eigenvalue weighted by Crippen LogP contribution is 2.19. The maximum atomic E-state index is 4.80. The lowest BCUT2D eigenvalue weighted by atomic mass is 10.2. The number of para-hydroxylation sites is 1. The lowest BCUT2D eigenvalue weighted by molar-refractivity contribution is 0.331. The number of aliphatic imine (C=N–C) groups is 1. The number of benzene rings is 1. The lowest BCUT2D eigenvalue weighted by Gasteiger charge is -2.20. The molecule has 0 spiro atoms. The minimum Gasteiger partial charge on any atom is -0.369 e.